The molecule has 0 saturated heterocycles. The Kier molecular flexibility index (Phi) is 6.54. The Morgan fingerprint density at radius 2 is 1.12 bits per heavy atom. The third-order valence-corrected chi connectivity index (χ3v) is 13.9. The van der Waals surface area contributed by atoms with Crippen molar-refractivity contribution in [2.75, 3.05) is 0 Å². The van der Waals surface area contributed by atoms with Crippen molar-refractivity contribution in [3.05, 3.63) is 186 Å². The molecule has 0 bridgehead atoms. The average molecular weight is 734 g/mol. The molecule has 0 amide bonds. The lowest BCUT2D eigenvalue weighted by Crippen LogP contribution is -2.22. The van der Waals surface area contributed by atoms with Crippen LogP contribution in [-0.2, 0) is 10.8 Å². The molecule has 2 nitrogen and oxygen atoms in total. The maximum atomic E-state index is 6.41. The molecule has 2 heterocycles. The number of rotatable bonds is 3. The highest BCUT2D eigenvalue weighted by molar-refractivity contribution is 6.13. The van der Waals surface area contributed by atoms with Crippen LogP contribution in [0.4, 0.5) is 0 Å². The second-order valence-electron chi connectivity index (χ2n) is 17.7. The number of aromatic nitrogens is 1. The van der Waals surface area contributed by atoms with Gasteiger partial charge < -0.3 is 8.98 Å². The van der Waals surface area contributed by atoms with Gasteiger partial charge in [0, 0.05) is 43.4 Å². The zero-order valence-electron chi connectivity index (χ0n) is 33.0. The van der Waals surface area contributed by atoms with Crippen molar-refractivity contribution in [3.8, 4) is 33.4 Å². The van der Waals surface area contributed by atoms with Gasteiger partial charge >= 0.3 is 0 Å². The van der Waals surface area contributed by atoms with Gasteiger partial charge in [-0.2, -0.15) is 0 Å². The van der Waals surface area contributed by atoms with Gasteiger partial charge in [-0.15, -0.1) is 0 Å². The molecule has 2 heteroatoms. The second kappa shape index (κ2) is 11.4. The highest BCUT2D eigenvalue weighted by Crippen LogP contribution is 2.57. The van der Waals surface area contributed by atoms with E-state index in [0.717, 1.165) is 11.2 Å². The number of para-hydroxylation sites is 1. The second-order valence-corrected chi connectivity index (χ2v) is 17.7. The Labute approximate surface area is 333 Å². The molecule has 57 heavy (non-hydrogen) atoms. The third kappa shape index (κ3) is 4.42. The van der Waals surface area contributed by atoms with Gasteiger partial charge in [0.25, 0.3) is 0 Å². The van der Waals surface area contributed by atoms with Crippen molar-refractivity contribution in [1.29, 1.82) is 0 Å². The monoisotopic (exact) mass is 733 g/mol. The van der Waals surface area contributed by atoms with Crippen LogP contribution in [0.1, 0.15) is 62.9 Å². The van der Waals surface area contributed by atoms with Crippen LogP contribution in [0.15, 0.2) is 168 Å². The maximum Gasteiger partial charge on any atom is 0.135 e. The molecule has 2 aromatic heterocycles. The summed E-state index contributed by atoms with van der Waals surface area (Å²) in [5.74, 6) is 0.273. The first-order valence-corrected chi connectivity index (χ1v) is 20.5. The highest BCUT2D eigenvalue weighted by atomic mass is 16.3. The summed E-state index contributed by atoms with van der Waals surface area (Å²) in [6.07, 6.45) is 5.16. The number of nitrogens with zero attached hydrogens (tertiary/aromatic N) is 1. The van der Waals surface area contributed by atoms with E-state index in [1.54, 1.807) is 0 Å². The van der Waals surface area contributed by atoms with Crippen LogP contribution in [0.5, 0.6) is 0 Å². The van der Waals surface area contributed by atoms with Crippen LogP contribution >= 0.6 is 0 Å². The van der Waals surface area contributed by atoms with Gasteiger partial charge in [-0.05, 0) is 115 Å². The van der Waals surface area contributed by atoms with Crippen LogP contribution in [0.3, 0.4) is 0 Å². The van der Waals surface area contributed by atoms with Crippen molar-refractivity contribution in [1.82, 2.24) is 4.57 Å². The van der Waals surface area contributed by atoms with E-state index in [1.165, 1.54) is 99.4 Å². The average Bonchev–Trinajstić information content (AvgIpc) is 3.90. The standard InChI is InChI=1S/C55H43NO/c1-32-27-41-39-23-26-51-52(40-16-10-12-18-50(40)57-51)53(39)55(4,5)46(41)31-49(32)56-47-24-20-34(33-13-7-6-8-14-33)28-42(47)43-29-35(21-25-48(43)56)36-19-22-38-37-15-9-11-17-44(37)54(2,3)45(38)30-36/h6-32,49H,1-5H3. The Balaban J connectivity index is 1.05. The molecule has 2 atom stereocenters. The van der Waals surface area contributed by atoms with Crippen molar-refractivity contribution >= 4 is 49.3 Å². The molecule has 0 N–H and O–H groups in total. The molecule has 274 valence electrons. The van der Waals surface area contributed by atoms with Crippen molar-refractivity contribution < 1.29 is 4.42 Å². The number of hydrogen-bond donors (Lipinski definition) is 0. The molecule has 3 aliphatic rings. The van der Waals surface area contributed by atoms with Crippen LogP contribution in [0.25, 0.3) is 82.7 Å². The lowest BCUT2D eigenvalue weighted by molar-refractivity contribution is 0.500. The molecule has 3 aliphatic carbocycles. The number of allylic oxidation sites excluding steroid dienone is 4. The highest BCUT2D eigenvalue weighted by Gasteiger charge is 2.43. The minimum Gasteiger partial charge on any atom is -0.456 e. The normalized spacial score (nSPS) is 18.8. The molecular formula is C55H43NO. The maximum absolute atomic E-state index is 6.41. The molecule has 0 spiro atoms. The zero-order valence-corrected chi connectivity index (χ0v) is 33.0. The van der Waals surface area contributed by atoms with E-state index < -0.39 is 0 Å². The summed E-state index contributed by atoms with van der Waals surface area (Å²) in [7, 11) is 0. The zero-order chi connectivity index (χ0) is 38.4. The Morgan fingerprint density at radius 3 is 1.91 bits per heavy atom. The summed E-state index contributed by atoms with van der Waals surface area (Å²) in [6.45, 7) is 12.0. The molecule has 9 aromatic rings. The lowest BCUT2D eigenvalue weighted by Gasteiger charge is -2.32. The fraction of sp³-hybridized carbons (Fsp3) is 0.164. The molecule has 0 fully saturated rings. The number of fused-ring (bicyclic) bond motifs is 13. The smallest absolute Gasteiger partial charge is 0.135 e. The molecule has 7 aromatic carbocycles. The summed E-state index contributed by atoms with van der Waals surface area (Å²) in [5, 5.41) is 5.04. The molecule has 0 radical (unpaired) electrons. The predicted octanol–water partition coefficient (Wildman–Crippen LogP) is 14.8. The van der Waals surface area contributed by atoms with Gasteiger partial charge in [-0.25, -0.2) is 0 Å². The van der Waals surface area contributed by atoms with Crippen molar-refractivity contribution in [2.45, 2.75) is 51.5 Å². The van der Waals surface area contributed by atoms with Gasteiger partial charge in [0.1, 0.15) is 11.2 Å². The van der Waals surface area contributed by atoms with Gasteiger partial charge in [0.15, 0.2) is 0 Å². The first-order valence-electron chi connectivity index (χ1n) is 20.5. The van der Waals surface area contributed by atoms with E-state index in [9.17, 15) is 0 Å². The van der Waals surface area contributed by atoms with E-state index in [0.29, 0.717) is 0 Å². The van der Waals surface area contributed by atoms with Crippen molar-refractivity contribution in [2.24, 2.45) is 5.92 Å². The number of benzene rings is 7. The van der Waals surface area contributed by atoms with Gasteiger partial charge in [0.2, 0.25) is 0 Å². The topological polar surface area (TPSA) is 18.1 Å². The summed E-state index contributed by atoms with van der Waals surface area (Å²) in [6, 6.07) is 54.3. The first kappa shape index (κ1) is 32.8. The van der Waals surface area contributed by atoms with Gasteiger partial charge in [-0.1, -0.05) is 150 Å². The van der Waals surface area contributed by atoms with E-state index in [4.69, 9.17) is 4.42 Å². The predicted molar refractivity (Wildman–Crippen MR) is 239 cm³/mol. The van der Waals surface area contributed by atoms with Crippen LogP contribution in [-0.4, -0.2) is 4.57 Å². The molecule has 0 aliphatic heterocycles. The summed E-state index contributed by atoms with van der Waals surface area (Å²) < 4.78 is 9.05. The SMILES string of the molecule is CC1C=C2C(=CC1n1c3ccc(-c4ccccc4)cc3c3cc(-c4ccc5c(c4)C(C)(C)c4ccccc4-5)ccc31)C(C)(C)c1c2ccc2oc3ccccc3c12. The lowest BCUT2D eigenvalue weighted by atomic mass is 9.77. The number of hydrogen-bond acceptors (Lipinski definition) is 1. The summed E-state index contributed by atoms with van der Waals surface area (Å²) in [5.41, 5.74) is 20.3. The Morgan fingerprint density at radius 1 is 0.491 bits per heavy atom. The molecule has 2 unspecified atom stereocenters. The third-order valence-electron chi connectivity index (χ3n) is 13.9. The van der Waals surface area contributed by atoms with E-state index in [-0.39, 0.29) is 22.8 Å². The largest absolute Gasteiger partial charge is 0.456 e. The Bertz CT molecular complexity index is 3250. The van der Waals surface area contributed by atoms with Crippen LogP contribution < -0.4 is 0 Å². The molecule has 12 rings (SSSR count). The van der Waals surface area contributed by atoms with Crippen LogP contribution in [0.2, 0.25) is 0 Å². The Hall–Kier alpha value is -6.38. The van der Waals surface area contributed by atoms with E-state index in [2.05, 4.69) is 197 Å². The van der Waals surface area contributed by atoms with Gasteiger partial charge in [-0.3, -0.25) is 0 Å². The summed E-state index contributed by atoms with van der Waals surface area (Å²) in [4.78, 5) is 0. The molecular weight excluding hydrogens is 691 g/mol. The molecule has 0 saturated carbocycles. The number of furan rings is 1. The minimum atomic E-state index is -0.195. The van der Waals surface area contributed by atoms with Gasteiger partial charge in [0.05, 0.1) is 6.04 Å². The summed E-state index contributed by atoms with van der Waals surface area (Å²) >= 11 is 0. The minimum absolute atomic E-state index is 0.0478. The van der Waals surface area contributed by atoms with E-state index in [1.807, 2.05) is 0 Å². The fourth-order valence-electron chi connectivity index (χ4n) is 11.0. The fourth-order valence-corrected chi connectivity index (χ4v) is 11.0. The van der Waals surface area contributed by atoms with Crippen molar-refractivity contribution in [3.63, 3.8) is 0 Å². The van der Waals surface area contributed by atoms with Crippen LogP contribution in [0, 0.1) is 5.92 Å². The quantitative estimate of drug-likeness (QED) is 0.177. The van der Waals surface area contributed by atoms with E-state index >= 15 is 0 Å². The first-order chi connectivity index (χ1) is 27.7.